The second kappa shape index (κ2) is 6.73. The normalized spacial score (nSPS) is 16.5. The molecule has 7 heteroatoms. The Morgan fingerprint density at radius 3 is 2.04 bits per heavy atom. The van der Waals surface area contributed by atoms with E-state index in [2.05, 4.69) is 5.32 Å². The molecular formula is C17H10Cl2N2O2S. The van der Waals surface area contributed by atoms with Gasteiger partial charge >= 0.3 is 0 Å². The van der Waals surface area contributed by atoms with Gasteiger partial charge in [-0.25, -0.2) is 0 Å². The molecule has 2 aromatic carbocycles. The van der Waals surface area contributed by atoms with Crippen LogP contribution in [0.25, 0.3) is 6.08 Å². The molecule has 4 nitrogen and oxygen atoms in total. The number of hydrogen-bond acceptors (Lipinski definition) is 3. The summed E-state index contributed by atoms with van der Waals surface area (Å²) in [5.41, 5.74) is 1.19. The molecule has 120 valence electrons. The van der Waals surface area contributed by atoms with E-state index in [4.69, 9.17) is 35.4 Å². The molecule has 1 N–H and O–H groups in total. The first-order chi connectivity index (χ1) is 11.5. The number of nitrogens with zero attached hydrogens (tertiary/aromatic N) is 1. The Kier molecular flexibility index (Phi) is 4.66. The van der Waals surface area contributed by atoms with Gasteiger partial charge in [0.25, 0.3) is 11.8 Å². The van der Waals surface area contributed by atoms with E-state index in [0.717, 1.165) is 0 Å². The summed E-state index contributed by atoms with van der Waals surface area (Å²) in [6.45, 7) is 0. The van der Waals surface area contributed by atoms with Gasteiger partial charge in [-0.2, -0.15) is 0 Å². The van der Waals surface area contributed by atoms with Crippen LogP contribution >= 0.6 is 35.4 Å². The third-order valence-corrected chi connectivity index (χ3v) is 4.16. The summed E-state index contributed by atoms with van der Waals surface area (Å²) in [5.74, 6) is -1.04. The highest BCUT2D eigenvalue weighted by atomic mass is 35.5. The minimum Gasteiger partial charge on any atom is -0.298 e. The van der Waals surface area contributed by atoms with Crippen LogP contribution in [0.4, 0.5) is 5.69 Å². The number of halogens is 2. The summed E-state index contributed by atoms with van der Waals surface area (Å²) >= 11 is 16.8. The Morgan fingerprint density at radius 2 is 1.46 bits per heavy atom. The van der Waals surface area contributed by atoms with Gasteiger partial charge < -0.3 is 0 Å². The Bertz CT molecular complexity index is 861. The Balaban J connectivity index is 1.99. The molecule has 0 aliphatic carbocycles. The van der Waals surface area contributed by atoms with E-state index in [1.807, 2.05) is 0 Å². The third-order valence-electron chi connectivity index (χ3n) is 3.37. The number of rotatable bonds is 2. The van der Waals surface area contributed by atoms with Crippen LogP contribution in [-0.4, -0.2) is 16.9 Å². The molecule has 0 radical (unpaired) electrons. The van der Waals surface area contributed by atoms with Crippen molar-refractivity contribution < 1.29 is 9.59 Å². The monoisotopic (exact) mass is 376 g/mol. The van der Waals surface area contributed by atoms with Crippen LogP contribution in [0, 0.1) is 0 Å². The molecule has 1 heterocycles. The minimum atomic E-state index is -0.537. The van der Waals surface area contributed by atoms with Gasteiger partial charge in [0.1, 0.15) is 5.57 Å². The van der Waals surface area contributed by atoms with Crippen LogP contribution in [0.15, 0.2) is 54.1 Å². The van der Waals surface area contributed by atoms with Gasteiger partial charge in [0.15, 0.2) is 5.11 Å². The van der Waals surface area contributed by atoms with Crippen molar-refractivity contribution in [3.63, 3.8) is 0 Å². The molecule has 0 unspecified atom stereocenters. The molecule has 24 heavy (non-hydrogen) atoms. The van der Waals surface area contributed by atoms with Crippen LogP contribution in [0.1, 0.15) is 5.56 Å². The standard InChI is InChI=1S/C17H10Cl2N2O2S/c18-11-3-1-10(2-4-11)9-14-15(22)20-17(24)21(16(14)23)13-7-5-12(19)6-8-13/h1-9H,(H,20,22,24)/b14-9+. The van der Waals surface area contributed by atoms with Crippen molar-refractivity contribution in [2.45, 2.75) is 0 Å². The molecule has 1 saturated heterocycles. The number of nitrogens with one attached hydrogen (secondary N) is 1. The lowest BCUT2D eigenvalue weighted by Gasteiger charge is -2.28. The van der Waals surface area contributed by atoms with Gasteiger partial charge in [-0.15, -0.1) is 0 Å². The molecule has 0 aromatic heterocycles. The summed E-state index contributed by atoms with van der Waals surface area (Å²) in [7, 11) is 0. The zero-order chi connectivity index (χ0) is 17.3. The summed E-state index contributed by atoms with van der Waals surface area (Å²) < 4.78 is 0. The number of carbonyl (C=O) groups excluding carboxylic acids is 2. The maximum Gasteiger partial charge on any atom is 0.270 e. The highest BCUT2D eigenvalue weighted by Crippen LogP contribution is 2.24. The van der Waals surface area contributed by atoms with Crippen LogP contribution in [-0.2, 0) is 9.59 Å². The highest BCUT2D eigenvalue weighted by molar-refractivity contribution is 7.80. The molecule has 0 atom stereocenters. The SMILES string of the molecule is O=C1NC(=S)N(c2ccc(Cl)cc2)C(=O)/C1=C/c1ccc(Cl)cc1. The van der Waals surface area contributed by atoms with Crippen molar-refractivity contribution in [1.29, 1.82) is 0 Å². The van der Waals surface area contributed by atoms with E-state index in [1.54, 1.807) is 48.5 Å². The van der Waals surface area contributed by atoms with E-state index in [9.17, 15) is 9.59 Å². The first kappa shape index (κ1) is 16.6. The lowest BCUT2D eigenvalue weighted by molar-refractivity contribution is -0.122. The van der Waals surface area contributed by atoms with Crippen LogP contribution in [0.5, 0.6) is 0 Å². The van der Waals surface area contributed by atoms with Crippen molar-refractivity contribution in [2.24, 2.45) is 0 Å². The van der Waals surface area contributed by atoms with Gasteiger partial charge in [-0.05, 0) is 60.3 Å². The molecule has 0 spiro atoms. The summed E-state index contributed by atoms with van der Waals surface area (Å²) in [6, 6.07) is 13.4. The molecule has 1 aliphatic heterocycles. The largest absolute Gasteiger partial charge is 0.298 e. The Labute approximate surface area is 153 Å². The fourth-order valence-electron chi connectivity index (χ4n) is 2.21. The molecule has 0 bridgehead atoms. The molecule has 3 rings (SSSR count). The second-order valence-corrected chi connectivity index (χ2v) is 6.25. The van der Waals surface area contributed by atoms with E-state index >= 15 is 0 Å². The number of amides is 2. The molecule has 2 aromatic rings. The van der Waals surface area contributed by atoms with Gasteiger partial charge in [0.05, 0.1) is 5.69 Å². The van der Waals surface area contributed by atoms with Gasteiger partial charge in [-0.3, -0.25) is 19.8 Å². The first-order valence-corrected chi connectivity index (χ1v) is 8.05. The smallest absolute Gasteiger partial charge is 0.270 e. The van der Waals surface area contributed by atoms with Crippen LogP contribution in [0.2, 0.25) is 10.0 Å². The van der Waals surface area contributed by atoms with Crippen molar-refractivity contribution in [1.82, 2.24) is 5.32 Å². The lowest BCUT2D eigenvalue weighted by atomic mass is 10.1. The number of thiocarbonyl (C=S) groups is 1. The zero-order valence-electron chi connectivity index (χ0n) is 12.1. The number of benzene rings is 2. The van der Waals surface area contributed by atoms with Crippen molar-refractivity contribution >= 4 is 64.1 Å². The average molecular weight is 377 g/mol. The van der Waals surface area contributed by atoms with E-state index < -0.39 is 11.8 Å². The van der Waals surface area contributed by atoms with E-state index in [1.165, 1.54) is 11.0 Å². The Hall–Kier alpha value is -2.21. The Morgan fingerprint density at radius 1 is 0.917 bits per heavy atom. The quantitative estimate of drug-likeness (QED) is 0.492. The van der Waals surface area contributed by atoms with E-state index in [0.29, 0.717) is 21.3 Å². The fraction of sp³-hybridized carbons (Fsp3) is 0. The summed E-state index contributed by atoms with van der Waals surface area (Å²) in [6.07, 6.45) is 1.50. The summed E-state index contributed by atoms with van der Waals surface area (Å²) in [5, 5.41) is 3.66. The van der Waals surface area contributed by atoms with Crippen LogP contribution in [0.3, 0.4) is 0 Å². The predicted molar refractivity (Wildman–Crippen MR) is 99.1 cm³/mol. The molecule has 1 fully saturated rings. The van der Waals surface area contributed by atoms with Gasteiger partial charge in [-0.1, -0.05) is 35.3 Å². The maximum absolute atomic E-state index is 12.8. The molecule has 0 saturated carbocycles. The molecule has 2 amide bonds. The minimum absolute atomic E-state index is 0.0131. The predicted octanol–water partition coefficient (Wildman–Crippen LogP) is 3.82. The van der Waals surface area contributed by atoms with E-state index in [-0.39, 0.29) is 10.7 Å². The fourth-order valence-corrected chi connectivity index (χ4v) is 2.74. The second-order valence-electron chi connectivity index (χ2n) is 4.99. The van der Waals surface area contributed by atoms with Crippen molar-refractivity contribution in [3.05, 3.63) is 69.7 Å². The topological polar surface area (TPSA) is 49.4 Å². The number of carbonyl (C=O) groups is 2. The molecular weight excluding hydrogens is 367 g/mol. The lowest BCUT2D eigenvalue weighted by Crippen LogP contribution is -2.54. The third kappa shape index (κ3) is 3.33. The first-order valence-electron chi connectivity index (χ1n) is 6.88. The molecule has 1 aliphatic rings. The average Bonchev–Trinajstić information content (AvgIpc) is 2.55. The summed E-state index contributed by atoms with van der Waals surface area (Å²) in [4.78, 5) is 26.2. The van der Waals surface area contributed by atoms with Gasteiger partial charge in [0.2, 0.25) is 0 Å². The van der Waals surface area contributed by atoms with Crippen LogP contribution < -0.4 is 10.2 Å². The number of anilines is 1. The van der Waals surface area contributed by atoms with Crippen molar-refractivity contribution in [3.8, 4) is 0 Å². The van der Waals surface area contributed by atoms with Gasteiger partial charge in [0, 0.05) is 10.0 Å². The maximum atomic E-state index is 12.8. The zero-order valence-corrected chi connectivity index (χ0v) is 14.5. The highest BCUT2D eigenvalue weighted by Gasteiger charge is 2.34. The number of hydrogen-bond donors (Lipinski definition) is 1. The van der Waals surface area contributed by atoms with Crippen molar-refractivity contribution in [2.75, 3.05) is 4.90 Å².